The summed E-state index contributed by atoms with van der Waals surface area (Å²) in [6.07, 6.45) is 0.743. The molecule has 0 amide bonds. The van der Waals surface area contributed by atoms with Crippen molar-refractivity contribution in [3.8, 4) is 11.4 Å². The predicted molar refractivity (Wildman–Crippen MR) is 83.8 cm³/mol. The molecule has 0 spiro atoms. The Balaban J connectivity index is 1.72. The Morgan fingerprint density at radius 1 is 1.14 bits per heavy atom. The maximum absolute atomic E-state index is 4.63. The van der Waals surface area contributed by atoms with Gasteiger partial charge in [0.15, 0.2) is 5.82 Å². The minimum absolute atomic E-state index is 0.743. The van der Waals surface area contributed by atoms with Gasteiger partial charge in [0, 0.05) is 17.4 Å². The Morgan fingerprint density at radius 2 is 2.00 bits per heavy atom. The molecule has 7 heteroatoms. The third kappa shape index (κ3) is 2.34. The number of aromatic nitrogens is 5. The number of aryl methyl sites for hydroxylation is 1. The first-order valence-electron chi connectivity index (χ1n) is 6.47. The maximum Gasteiger partial charge on any atom is 0.234 e. The van der Waals surface area contributed by atoms with E-state index in [0.29, 0.717) is 0 Å². The van der Waals surface area contributed by atoms with E-state index in [-0.39, 0.29) is 0 Å². The molecule has 21 heavy (non-hydrogen) atoms. The number of benzene rings is 1. The molecule has 3 heterocycles. The van der Waals surface area contributed by atoms with Crippen LogP contribution in [0.1, 0.15) is 15.7 Å². The van der Waals surface area contributed by atoms with Crippen LogP contribution in [0, 0.1) is 6.92 Å². The summed E-state index contributed by atoms with van der Waals surface area (Å²) < 4.78 is 1.81. The molecule has 0 aliphatic heterocycles. The average molecular weight is 313 g/mol. The lowest BCUT2D eigenvalue weighted by Crippen LogP contribution is -1.93. The van der Waals surface area contributed by atoms with E-state index in [9.17, 15) is 0 Å². The summed E-state index contributed by atoms with van der Waals surface area (Å²) in [6.45, 7) is 2.01. The van der Waals surface area contributed by atoms with Crippen LogP contribution in [-0.2, 0) is 6.42 Å². The van der Waals surface area contributed by atoms with Crippen molar-refractivity contribution in [2.24, 2.45) is 0 Å². The van der Waals surface area contributed by atoms with Gasteiger partial charge in [-0.05, 0) is 6.92 Å². The monoisotopic (exact) mass is 313 g/mol. The molecule has 0 N–H and O–H groups in total. The molecule has 3 aromatic heterocycles. The maximum atomic E-state index is 4.63. The predicted octanol–water partition coefficient (Wildman–Crippen LogP) is 3.21. The normalized spacial score (nSPS) is 11.3. The molecule has 0 unspecified atom stereocenters. The third-order valence-electron chi connectivity index (χ3n) is 3.06. The van der Waals surface area contributed by atoms with E-state index in [1.165, 1.54) is 0 Å². The zero-order valence-corrected chi connectivity index (χ0v) is 12.9. The van der Waals surface area contributed by atoms with Gasteiger partial charge in [0.05, 0.1) is 10.7 Å². The van der Waals surface area contributed by atoms with Gasteiger partial charge >= 0.3 is 0 Å². The van der Waals surface area contributed by atoms with Crippen molar-refractivity contribution in [3.05, 3.63) is 51.4 Å². The Bertz CT molecular complexity index is 891. The summed E-state index contributed by atoms with van der Waals surface area (Å²) in [4.78, 5) is 5.30. The van der Waals surface area contributed by atoms with Gasteiger partial charge < -0.3 is 0 Å². The summed E-state index contributed by atoms with van der Waals surface area (Å²) in [5, 5.41) is 17.2. The van der Waals surface area contributed by atoms with Crippen LogP contribution in [0.3, 0.4) is 0 Å². The molecular formula is C14H11N5S2. The topological polar surface area (TPSA) is 56.0 Å². The standard InChI is InChI=1S/C14H11N5S2/c1-9-15-11(8-20-9)7-12-18-19-13(16-17-14(19)21-12)10-5-3-2-4-6-10/h2-6,8H,7H2,1H3. The molecule has 0 saturated carbocycles. The first-order chi connectivity index (χ1) is 10.3. The van der Waals surface area contributed by atoms with Crippen molar-refractivity contribution in [3.63, 3.8) is 0 Å². The first-order valence-corrected chi connectivity index (χ1v) is 8.17. The highest BCUT2D eigenvalue weighted by molar-refractivity contribution is 7.16. The molecule has 5 nitrogen and oxygen atoms in total. The van der Waals surface area contributed by atoms with Crippen LogP contribution >= 0.6 is 22.7 Å². The molecule has 0 saturated heterocycles. The van der Waals surface area contributed by atoms with E-state index < -0.39 is 0 Å². The fourth-order valence-corrected chi connectivity index (χ4v) is 3.60. The molecule has 1 aromatic carbocycles. The highest BCUT2D eigenvalue weighted by Crippen LogP contribution is 2.23. The van der Waals surface area contributed by atoms with Crippen LogP contribution in [0.25, 0.3) is 16.3 Å². The van der Waals surface area contributed by atoms with Gasteiger partial charge in [-0.2, -0.15) is 9.61 Å². The Morgan fingerprint density at radius 3 is 2.76 bits per heavy atom. The molecule has 0 fully saturated rings. The minimum Gasteiger partial charge on any atom is -0.246 e. The summed E-state index contributed by atoms with van der Waals surface area (Å²) in [5.74, 6) is 0.780. The quantitative estimate of drug-likeness (QED) is 0.583. The van der Waals surface area contributed by atoms with E-state index >= 15 is 0 Å². The van der Waals surface area contributed by atoms with E-state index in [1.54, 1.807) is 22.7 Å². The third-order valence-corrected chi connectivity index (χ3v) is 4.78. The average Bonchev–Trinajstić information content (AvgIpc) is 3.16. The summed E-state index contributed by atoms with van der Waals surface area (Å²) in [6, 6.07) is 9.99. The largest absolute Gasteiger partial charge is 0.246 e. The van der Waals surface area contributed by atoms with Crippen molar-refractivity contribution in [2.45, 2.75) is 13.3 Å². The summed E-state index contributed by atoms with van der Waals surface area (Å²) in [7, 11) is 0. The molecule has 4 rings (SSSR count). The smallest absolute Gasteiger partial charge is 0.234 e. The van der Waals surface area contributed by atoms with E-state index in [2.05, 4.69) is 25.7 Å². The Labute approximate surface area is 128 Å². The second-order valence-electron chi connectivity index (χ2n) is 4.61. The zero-order valence-electron chi connectivity index (χ0n) is 11.2. The van der Waals surface area contributed by atoms with Crippen molar-refractivity contribution in [2.75, 3.05) is 0 Å². The molecule has 0 radical (unpaired) electrons. The van der Waals surface area contributed by atoms with Gasteiger partial charge in [-0.25, -0.2) is 4.98 Å². The van der Waals surface area contributed by atoms with E-state index in [0.717, 1.165) is 38.5 Å². The Hall–Kier alpha value is -2.12. The zero-order chi connectivity index (χ0) is 14.2. The number of rotatable bonds is 3. The van der Waals surface area contributed by atoms with Gasteiger partial charge in [0.1, 0.15) is 5.01 Å². The lowest BCUT2D eigenvalue weighted by Gasteiger charge is -1.95. The van der Waals surface area contributed by atoms with Crippen LogP contribution in [0.5, 0.6) is 0 Å². The molecule has 0 aliphatic carbocycles. The highest BCUT2D eigenvalue weighted by Gasteiger charge is 2.14. The number of hydrogen-bond acceptors (Lipinski definition) is 6. The van der Waals surface area contributed by atoms with Crippen molar-refractivity contribution >= 4 is 27.6 Å². The van der Waals surface area contributed by atoms with Gasteiger partial charge in [-0.1, -0.05) is 41.7 Å². The van der Waals surface area contributed by atoms with Crippen molar-refractivity contribution < 1.29 is 0 Å². The summed E-state index contributed by atoms with van der Waals surface area (Å²) in [5.41, 5.74) is 2.08. The first kappa shape index (κ1) is 12.6. The van der Waals surface area contributed by atoms with Gasteiger partial charge in [-0.3, -0.25) is 0 Å². The second kappa shape index (κ2) is 5.01. The van der Waals surface area contributed by atoms with Crippen LogP contribution in [0.2, 0.25) is 0 Å². The number of thiazole rings is 1. The molecule has 0 bridgehead atoms. The molecular weight excluding hydrogens is 302 g/mol. The summed E-state index contributed by atoms with van der Waals surface area (Å²) >= 11 is 3.22. The fourth-order valence-electron chi connectivity index (χ4n) is 2.14. The molecule has 0 aliphatic rings. The second-order valence-corrected chi connectivity index (χ2v) is 6.72. The van der Waals surface area contributed by atoms with Crippen molar-refractivity contribution in [1.29, 1.82) is 0 Å². The molecule has 4 aromatic rings. The number of fused-ring (bicyclic) bond motifs is 1. The van der Waals surface area contributed by atoms with Crippen LogP contribution in [0.4, 0.5) is 0 Å². The SMILES string of the molecule is Cc1nc(Cc2nn3c(-c4ccccc4)nnc3s2)cs1. The number of nitrogens with zero attached hydrogens (tertiary/aromatic N) is 5. The van der Waals surface area contributed by atoms with Crippen LogP contribution < -0.4 is 0 Å². The van der Waals surface area contributed by atoms with Crippen LogP contribution in [0.15, 0.2) is 35.7 Å². The number of hydrogen-bond donors (Lipinski definition) is 0. The highest BCUT2D eigenvalue weighted by atomic mass is 32.1. The lowest BCUT2D eigenvalue weighted by molar-refractivity contribution is 0.909. The van der Waals surface area contributed by atoms with Gasteiger partial charge in [-0.15, -0.1) is 21.5 Å². The van der Waals surface area contributed by atoms with Gasteiger partial charge in [0.25, 0.3) is 0 Å². The minimum atomic E-state index is 0.743. The van der Waals surface area contributed by atoms with E-state index in [1.807, 2.05) is 41.8 Å². The molecule has 104 valence electrons. The van der Waals surface area contributed by atoms with Crippen molar-refractivity contribution in [1.82, 2.24) is 24.8 Å². The van der Waals surface area contributed by atoms with Gasteiger partial charge in [0.2, 0.25) is 4.96 Å². The molecule has 0 atom stereocenters. The fraction of sp³-hybridized carbons (Fsp3) is 0.143. The lowest BCUT2D eigenvalue weighted by atomic mass is 10.2. The van der Waals surface area contributed by atoms with E-state index in [4.69, 9.17) is 0 Å². The Kier molecular flexibility index (Phi) is 3.01. The van der Waals surface area contributed by atoms with Crippen LogP contribution in [-0.4, -0.2) is 24.8 Å².